The molecule has 0 saturated carbocycles. The van der Waals surface area contributed by atoms with E-state index in [1.54, 1.807) is 12.1 Å². The van der Waals surface area contributed by atoms with E-state index in [4.69, 9.17) is 4.74 Å². The molecule has 0 radical (unpaired) electrons. The second kappa shape index (κ2) is 11.4. The number of carbonyl (C=O) groups excluding carboxylic acids is 2. The lowest BCUT2D eigenvalue weighted by Gasteiger charge is -2.16. The van der Waals surface area contributed by atoms with Crippen molar-refractivity contribution in [3.63, 3.8) is 0 Å². The van der Waals surface area contributed by atoms with Gasteiger partial charge in [0, 0.05) is 0 Å². The Morgan fingerprint density at radius 2 is 1.88 bits per heavy atom. The highest BCUT2D eigenvalue weighted by Gasteiger charge is 2.21. The molecule has 1 aromatic rings. The molecule has 1 N–H and O–H groups in total. The van der Waals surface area contributed by atoms with Crippen molar-refractivity contribution in [3.05, 3.63) is 48.3 Å². The highest BCUT2D eigenvalue weighted by Crippen LogP contribution is 2.10. The maximum Gasteiger partial charge on any atom is 0.328 e. The summed E-state index contributed by atoms with van der Waals surface area (Å²) in [6.07, 6.45) is 7.54. The first-order valence-electron chi connectivity index (χ1n) is 8.29. The summed E-state index contributed by atoms with van der Waals surface area (Å²) in [7, 11) is 1.31. The van der Waals surface area contributed by atoms with Gasteiger partial charge in [0.05, 0.1) is 13.5 Å². The number of carbonyl (C=O) groups is 2. The molecule has 132 valence electrons. The molecule has 4 nitrogen and oxygen atoms in total. The van der Waals surface area contributed by atoms with E-state index in [0.717, 1.165) is 32.1 Å². The maximum absolute atomic E-state index is 12.9. The van der Waals surface area contributed by atoms with Gasteiger partial charge >= 0.3 is 5.97 Å². The highest BCUT2D eigenvalue weighted by atomic mass is 19.1. The monoisotopic (exact) mass is 335 g/mol. The molecule has 1 aromatic carbocycles. The van der Waals surface area contributed by atoms with Crippen LogP contribution in [0.4, 0.5) is 4.39 Å². The Bertz CT molecular complexity index is 528. The third kappa shape index (κ3) is 7.90. The minimum Gasteiger partial charge on any atom is -0.467 e. The molecule has 5 heteroatoms. The smallest absolute Gasteiger partial charge is 0.328 e. The Morgan fingerprint density at radius 1 is 1.21 bits per heavy atom. The van der Waals surface area contributed by atoms with Crippen LogP contribution in [-0.4, -0.2) is 25.0 Å². The van der Waals surface area contributed by atoms with Gasteiger partial charge in [0.15, 0.2) is 0 Å². The van der Waals surface area contributed by atoms with E-state index in [9.17, 15) is 14.0 Å². The number of allylic oxidation sites excluding steroid dienone is 1. The molecule has 1 atom stereocenters. The van der Waals surface area contributed by atoms with E-state index in [2.05, 4.69) is 11.9 Å². The van der Waals surface area contributed by atoms with Crippen LogP contribution < -0.4 is 5.32 Å². The molecule has 0 fully saturated rings. The van der Waals surface area contributed by atoms with Crippen LogP contribution in [0.5, 0.6) is 0 Å². The van der Waals surface area contributed by atoms with Gasteiger partial charge in [-0.3, -0.25) is 4.79 Å². The van der Waals surface area contributed by atoms with Gasteiger partial charge in [0.1, 0.15) is 11.9 Å². The number of rotatable bonds is 11. The molecule has 0 aliphatic carbocycles. The van der Waals surface area contributed by atoms with Crippen LogP contribution in [0.3, 0.4) is 0 Å². The first-order chi connectivity index (χ1) is 11.6. The molecule has 0 unspecified atom stereocenters. The van der Waals surface area contributed by atoms with E-state index in [-0.39, 0.29) is 18.1 Å². The molecular weight excluding hydrogens is 309 g/mol. The molecule has 24 heavy (non-hydrogen) atoms. The van der Waals surface area contributed by atoms with Crippen molar-refractivity contribution in [2.24, 2.45) is 0 Å². The molecule has 0 aliphatic heterocycles. The second-order valence-electron chi connectivity index (χ2n) is 5.73. The number of benzene rings is 1. The van der Waals surface area contributed by atoms with Crippen LogP contribution in [-0.2, 0) is 20.7 Å². The van der Waals surface area contributed by atoms with Gasteiger partial charge in [-0.05, 0) is 37.0 Å². The Labute approximate surface area is 143 Å². The van der Waals surface area contributed by atoms with E-state index in [1.807, 2.05) is 6.08 Å². The van der Waals surface area contributed by atoms with Gasteiger partial charge in [-0.25, -0.2) is 9.18 Å². The zero-order valence-corrected chi connectivity index (χ0v) is 14.2. The van der Waals surface area contributed by atoms with Crippen molar-refractivity contribution in [2.75, 3.05) is 7.11 Å². The second-order valence-corrected chi connectivity index (χ2v) is 5.73. The number of esters is 1. The van der Waals surface area contributed by atoms with Gasteiger partial charge in [-0.2, -0.15) is 0 Å². The number of ether oxygens (including phenoxy) is 1. The van der Waals surface area contributed by atoms with Crippen molar-refractivity contribution in [2.45, 2.75) is 51.0 Å². The zero-order chi connectivity index (χ0) is 17.8. The Morgan fingerprint density at radius 3 is 2.50 bits per heavy atom. The predicted octanol–water partition coefficient (Wildman–Crippen LogP) is 3.55. The third-order valence-corrected chi connectivity index (χ3v) is 3.75. The average Bonchev–Trinajstić information content (AvgIpc) is 2.58. The molecule has 0 aromatic heterocycles. The summed E-state index contributed by atoms with van der Waals surface area (Å²) in [6, 6.07) is 5.10. The summed E-state index contributed by atoms with van der Waals surface area (Å²) in [5.41, 5.74) is 0.696. The highest BCUT2D eigenvalue weighted by molar-refractivity contribution is 5.85. The van der Waals surface area contributed by atoms with Gasteiger partial charge in [-0.1, -0.05) is 37.5 Å². The average molecular weight is 335 g/mol. The lowest BCUT2D eigenvalue weighted by Crippen LogP contribution is -2.42. The number of hydrogen-bond donors (Lipinski definition) is 1. The molecular formula is C19H26FNO3. The van der Waals surface area contributed by atoms with Gasteiger partial charge in [-0.15, -0.1) is 6.58 Å². The normalized spacial score (nSPS) is 11.6. The molecule has 0 spiro atoms. The van der Waals surface area contributed by atoms with Gasteiger partial charge in [0.2, 0.25) is 5.91 Å². The summed E-state index contributed by atoms with van der Waals surface area (Å²) in [6.45, 7) is 3.68. The van der Waals surface area contributed by atoms with Crippen LogP contribution in [0.2, 0.25) is 0 Å². The number of amides is 1. The third-order valence-electron chi connectivity index (χ3n) is 3.75. The Kier molecular flexibility index (Phi) is 9.42. The van der Waals surface area contributed by atoms with E-state index in [0.29, 0.717) is 12.0 Å². The standard InChI is InChI=1S/C19H26FNO3/c1-3-4-5-6-7-8-9-17(19(23)24-2)21-18(22)14-15-10-12-16(20)13-11-15/h3,10-13,17H,1,4-9,14H2,2H3,(H,21,22)/t17-/m1/s1. The van der Waals surface area contributed by atoms with Crippen molar-refractivity contribution < 1.29 is 18.7 Å². The maximum atomic E-state index is 12.9. The molecule has 0 bridgehead atoms. The fourth-order valence-corrected chi connectivity index (χ4v) is 2.41. The Hall–Kier alpha value is -2.17. The van der Waals surface area contributed by atoms with Crippen LogP contribution in [0.25, 0.3) is 0 Å². The minimum atomic E-state index is -0.637. The largest absolute Gasteiger partial charge is 0.467 e. The predicted molar refractivity (Wildman–Crippen MR) is 91.9 cm³/mol. The van der Waals surface area contributed by atoms with E-state index >= 15 is 0 Å². The summed E-state index contributed by atoms with van der Waals surface area (Å²) in [5.74, 6) is -1.06. The van der Waals surface area contributed by atoms with Gasteiger partial charge in [0.25, 0.3) is 0 Å². The Balaban J connectivity index is 2.43. The summed E-state index contributed by atoms with van der Waals surface area (Å²) >= 11 is 0. The quantitative estimate of drug-likeness (QED) is 0.382. The number of halogens is 1. The topological polar surface area (TPSA) is 55.4 Å². The summed E-state index contributed by atoms with van der Waals surface area (Å²) in [4.78, 5) is 23.9. The van der Waals surface area contributed by atoms with Crippen molar-refractivity contribution in [1.82, 2.24) is 5.32 Å². The summed E-state index contributed by atoms with van der Waals surface area (Å²) in [5, 5.41) is 2.71. The molecule has 0 heterocycles. The molecule has 0 aliphatic rings. The number of hydrogen-bond acceptors (Lipinski definition) is 3. The van der Waals surface area contributed by atoms with E-state index in [1.165, 1.54) is 19.2 Å². The SMILES string of the molecule is C=CCCCCCC[C@@H](NC(=O)Cc1ccc(F)cc1)C(=O)OC. The lowest BCUT2D eigenvalue weighted by molar-refractivity contribution is -0.145. The molecule has 1 amide bonds. The zero-order valence-electron chi connectivity index (χ0n) is 14.2. The van der Waals surface area contributed by atoms with E-state index < -0.39 is 12.0 Å². The molecule has 0 saturated heterocycles. The van der Waals surface area contributed by atoms with Crippen LogP contribution in [0.15, 0.2) is 36.9 Å². The molecule has 1 rings (SSSR count). The van der Waals surface area contributed by atoms with Crippen LogP contribution in [0.1, 0.15) is 44.1 Å². The fourth-order valence-electron chi connectivity index (χ4n) is 2.41. The van der Waals surface area contributed by atoms with Crippen LogP contribution >= 0.6 is 0 Å². The van der Waals surface area contributed by atoms with Crippen molar-refractivity contribution in [1.29, 1.82) is 0 Å². The number of nitrogens with one attached hydrogen (secondary N) is 1. The lowest BCUT2D eigenvalue weighted by atomic mass is 10.1. The number of unbranched alkanes of at least 4 members (excludes halogenated alkanes) is 4. The first-order valence-corrected chi connectivity index (χ1v) is 8.29. The van der Waals surface area contributed by atoms with Crippen molar-refractivity contribution in [3.8, 4) is 0 Å². The fraction of sp³-hybridized carbons (Fsp3) is 0.474. The van der Waals surface area contributed by atoms with Gasteiger partial charge < -0.3 is 10.1 Å². The first kappa shape index (κ1) is 19.9. The van der Waals surface area contributed by atoms with Crippen molar-refractivity contribution >= 4 is 11.9 Å². The van der Waals surface area contributed by atoms with Crippen LogP contribution in [0, 0.1) is 5.82 Å². The minimum absolute atomic E-state index is 0.104. The summed E-state index contributed by atoms with van der Waals surface area (Å²) < 4.78 is 17.6. The number of methoxy groups -OCH3 is 1.